The molecule has 0 aliphatic heterocycles. The van der Waals surface area contributed by atoms with Crippen LogP contribution in [0.1, 0.15) is 98.8 Å². The van der Waals surface area contributed by atoms with Crippen LogP contribution in [0.5, 0.6) is 0 Å². The number of rotatable bonds is 5. The van der Waals surface area contributed by atoms with E-state index < -0.39 is 0 Å². The Balaban J connectivity index is 1.55. The summed E-state index contributed by atoms with van der Waals surface area (Å²) in [6.45, 7) is 11.6. The Hall–Kier alpha value is -0.890. The second kappa shape index (κ2) is 7.66. The Morgan fingerprint density at radius 1 is 1.10 bits per heavy atom. The van der Waals surface area contributed by atoms with E-state index in [4.69, 9.17) is 0 Å². The van der Waals surface area contributed by atoms with Gasteiger partial charge in [-0.25, -0.2) is 0 Å². The third kappa shape index (κ3) is 3.58. The summed E-state index contributed by atoms with van der Waals surface area (Å²) in [4.78, 5) is 12.5. The van der Waals surface area contributed by atoms with Gasteiger partial charge in [0.1, 0.15) is 5.78 Å². The Labute approximate surface area is 178 Å². The molecular weight excluding hydrogens is 356 g/mol. The highest BCUT2D eigenvalue weighted by molar-refractivity contribution is 5.78. The van der Waals surface area contributed by atoms with Gasteiger partial charge in [0.15, 0.2) is 0 Å². The minimum atomic E-state index is -0.0802. The second-order valence-corrected chi connectivity index (χ2v) is 11.7. The number of hydrogen-bond donors (Lipinski definition) is 1. The summed E-state index contributed by atoms with van der Waals surface area (Å²) >= 11 is 0. The molecule has 0 heterocycles. The van der Waals surface area contributed by atoms with Gasteiger partial charge in [-0.05, 0) is 97.0 Å². The molecule has 0 bridgehead atoms. The molecule has 162 valence electrons. The van der Waals surface area contributed by atoms with E-state index >= 15 is 0 Å². The predicted octanol–water partition coefficient (Wildman–Crippen LogP) is 6.63. The minimum absolute atomic E-state index is 0.0802. The molecule has 0 aromatic carbocycles. The standard InChI is InChI=1S/C27H42O2/c1-17(2)14-21(29)15-18(3)23-8-9-24-22-7-6-19-16-20(28)10-12-26(19,4)25(22)11-13-27(23,24)5/h9,17-20,23,28H,6-8,10-16H2,1-5H3. The van der Waals surface area contributed by atoms with Crippen molar-refractivity contribution in [3.05, 3.63) is 22.8 Å². The molecule has 6 unspecified atom stereocenters. The van der Waals surface area contributed by atoms with Crippen LogP contribution in [0.3, 0.4) is 0 Å². The van der Waals surface area contributed by atoms with Crippen molar-refractivity contribution in [1.29, 1.82) is 0 Å². The van der Waals surface area contributed by atoms with Crippen LogP contribution in [0.15, 0.2) is 22.8 Å². The molecule has 6 atom stereocenters. The van der Waals surface area contributed by atoms with Gasteiger partial charge in [0.25, 0.3) is 0 Å². The zero-order chi connectivity index (χ0) is 21.0. The van der Waals surface area contributed by atoms with Crippen molar-refractivity contribution >= 4 is 5.78 Å². The molecule has 29 heavy (non-hydrogen) atoms. The molecule has 1 fully saturated rings. The number of carbonyl (C=O) groups excluding carboxylic acids is 1. The highest BCUT2D eigenvalue weighted by atomic mass is 16.3. The molecule has 4 rings (SSSR count). The van der Waals surface area contributed by atoms with Crippen molar-refractivity contribution in [3.63, 3.8) is 0 Å². The van der Waals surface area contributed by atoms with Gasteiger partial charge in [0.2, 0.25) is 0 Å². The summed E-state index contributed by atoms with van der Waals surface area (Å²) in [6, 6.07) is 0. The summed E-state index contributed by atoms with van der Waals surface area (Å²) in [5.74, 6) is 2.67. The third-order valence-corrected chi connectivity index (χ3v) is 9.35. The van der Waals surface area contributed by atoms with Crippen LogP contribution in [0, 0.1) is 34.5 Å². The smallest absolute Gasteiger partial charge is 0.133 e. The van der Waals surface area contributed by atoms with E-state index in [1.54, 1.807) is 16.7 Å². The van der Waals surface area contributed by atoms with Gasteiger partial charge >= 0.3 is 0 Å². The summed E-state index contributed by atoms with van der Waals surface area (Å²) in [7, 11) is 0. The van der Waals surface area contributed by atoms with E-state index in [2.05, 4.69) is 40.7 Å². The van der Waals surface area contributed by atoms with Crippen LogP contribution in [-0.2, 0) is 4.79 Å². The first-order valence-corrected chi connectivity index (χ1v) is 12.3. The fourth-order valence-electron chi connectivity index (χ4n) is 7.77. The highest BCUT2D eigenvalue weighted by Crippen LogP contribution is 2.64. The average Bonchev–Trinajstić information content (AvgIpc) is 2.99. The molecule has 2 nitrogen and oxygen atoms in total. The molecule has 0 amide bonds. The lowest BCUT2D eigenvalue weighted by molar-refractivity contribution is -0.121. The molecule has 4 aliphatic rings. The van der Waals surface area contributed by atoms with Crippen molar-refractivity contribution in [2.24, 2.45) is 34.5 Å². The van der Waals surface area contributed by atoms with Crippen LogP contribution < -0.4 is 0 Å². The lowest BCUT2D eigenvalue weighted by Crippen LogP contribution is -2.44. The van der Waals surface area contributed by atoms with Crippen molar-refractivity contribution in [2.75, 3.05) is 0 Å². The number of ketones is 1. The summed E-state index contributed by atoms with van der Waals surface area (Å²) < 4.78 is 0. The largest absolute Gasteiger partial charge is 0.393 e. The number of hydrogen-bond acceptors (Lipinski definition) is 2. The summed E-state index contributed by atoms with van der Waals surface area (Å²) in [5.41, 5.74) is 5.66. The fourth-order valence-corrected chi connectivity index (χ4v) is 7.77. The van der Waals surface area contributed by atoms with Crippen molar-refractivity contribution in [1.82, 2.24) is 0 Å². The molecule has 1 saturated carbocycles. The molecule has 4 aliphatic carbocycles. The van der Waals surface area contributed by atoms with E-state index in [-0.39, 0.29) is 11.5 Å². The van der Waals surface area contributed by atoms with Crippen LogP contribution in [0.2, 0.25) is 0 Å². The molecule has 2 heteroatoms. The molecule has 1 N–H and O–H groups in total. The average molecular weight is 399 g/mol. The summed E-state index contributed by atoms with van der Waals surface area (Å²) in [6.07, 6.45) is 13.2. The van der Waals surface area contributed by atoms with Gasteiger partial charge in [0.05, 0.1) is 6.10 Å². The summed E-state index contributed by atoms with van der Waals surface area (Å²) in [5, 5.41) is 10.2. The van der Waals surface area contributed by atoms with Crippen molar-refractivity contribution < 1.29 is 9.90 Å². The molecule has 0 spiro atoms. The van der Waals surface area contributed by atoms with E-state index in [0.717, 1.165) is 38.5 Å². The number of aliphatic hydroxyl groups is 1. The quantitative estimate of drug-likeness (QED) is 0.564. The highest BCUT2D eigenvalue weighted by Gasteiger charge is 2.53. The van der Waals surface area contributed by atoms with Gasteiger partial charge in [-0.1, -0.05) is 46.3 Å². The van der Waals surface area contributed by atoms with Crippen LogP contribution in [0.25, 0.3) is 0 Å². The maximum atomic E-state index is 12.5. The van der Waals surface area contributed by atoms with Gasteiger partial charge in [-0.2, -0.15) is 0 Å². The molecule has 0 aromatic rings. The Morgan fingerprint density at radius 2 is 1.86 bits per heavy atom. The zero-order valence-electron chi connectivity index (χ0n) is 19.4. The van der Waals surface area contributed by atoms with Crippen LogP contribution in [0.4, 0.5) is 0 Å². The number of Topliss-reactive ketones (excluding diaryl/α,β-unsaturated/α-hetero) is 1. The normalized spacial score (nSPS) is 40.2. The number of allylic oxidation sites excluding steroid dienone is 4. The van der Waals surface area contributed by atoms with Gasteiger partial charge in [0, 0.05) is 12.8 Å². The Bertz CT molecular complexity index is 729. The van der Waals surface area contributed by atoms with E-state index in [9.17, 15) is 9.90 Å². The van der Waals surface area contributed by atoms with Gasteiger partial charge in [-0.15, -0.1) is 0 Å². The van der Waals surface area contributed by atoms with E-state index in [1.807, 2.05) is 0 Å². The molecule has 0 radical (unpaired) electrons. The second-order valence-electron chi connectivity index (χ2n) is 11.7. The third-order valence-electron chi connectivity index (χ3n) is 9.35. The van der Waals surface area contributed by atoms with Gasteiger partial charge in [-0.3, -0.25) is 4.79 Å². The topological polar surface area (TPSA) is 37.3 Å². The number of aliphatic hydroxyl groups excluding tert-OH is 1. The first kappa shape index (κ1) is 21.3. The zero-order valence-corrected chi connectivity index (χ0v) is 19.4. The maximum Gasteiger partial charge on any atom is 0.133 e. The first-order valence-electron chi connectivity index (χ1n) is 12.3. The lowest BCUT2D eigenvalue weighted by Gasteiger charge is -2.53. The first-order chi connectivity index (χ1) is 13.6. The number of fused-ring (bicyclic) bond motifs is 4. The maximum absolute atomic E-state index is 12.5. The molecular formula is C27H42O2. The van der Waals surface area contributed by atoms with Crippen LogP contribution in [-0.4, -0.2) is 17.0 Å². The Morgan fingerprint density at radius 3 is 2.59 bits per heavy atom. The van der Waals surface area contributed by atoms with E-state index in [1.165, 1.54) is 25.7 Å². The SMILES string of the molecule is CC(C)CC(=O)CC(C)C1CC=C2C3=C(CCC21C)C1(C)CCC(O)CC1CC3. The molecule has 0 saturated heterocycles. The minimum Gasteiger partial charge on any atom is -0.393 e. The van der Waals surface area contributed by atoms with Crippen molar-refractivity contribution in [2.45, 2.75) is 105 Å². The monoisotopic (exact) mass is 398 g/mol. The van der Waals surface area contributed by atoms with Gasteiger partial charge < -0.3 is 5.11 Å². The van der Waals surface area contributed by atoms with Crippen molar-refractivity contribution in [3.8, 4) is 0 Å². The molecule has 0 aromatic heterocycles. The van der Waals surface area contributed by atoms with Crippen LogP contribution >= 0.6 is 0 Å². The Kier molecular flexibility index (Phi) is 5.64. The lowest BCUT2D eigenvalue weighted by atomic mass is 9.51. The number of carbonyl (C=O) groups is 1. The predicted molar refractivity (Wildman–Crippen MR) is 119 cm³/mol. The fraction of sp³-hybridized carbons (Fsp3) is 0.815. The van der Waals surface area contributed by atoms with E-state index in [0.29, 0.717) is 34.9 Å².